The quantitative estimate of drug-likeness (QED) is 0.866. The molecule has 0 bridgehead atoms. The van der Waals surface area contributed by atoms with E-state index in [1.54, 1.807) is 6.92 Å². The summed E-state index contributed by atoms with van der Waals surface area (Å²) in [6.45, 7) is 3.70. The maximum absolute atomic E-state index is 12.5. The molecule has 0 spiro atoms. The minimum atomic E-state index is -0.156. The van der Waals surface area contributed by atoms with E-state index >= 15 is 0 Å². The number of carbonyl (C=O) groups excluding carboxylic acids is 1. The van der Waals surface area contributed by atoms with Crippen LogP contribution in [-0.4, -0.2) is 40.5 Å². The highest BCUT2D eigenvalue weighted by molar-refractivity contribution is 5.79. The maximum Gasteiger partial charge on any atom is 0.251 e. The molecule has 6 nitrogen and oxygen atoms in total. The average molecular weight is 277 g/mol. The number of nitrogens with zero attached hydrogens (tertiary/aromatic N) is 2. The second-order valence-electron chi connectivity index (χ2n) is 5.52. The lowest BCUT2D eigenvalue weighted by Crippen LogP contribution is -2.37. The molecule has 20 heavy (non-hydrogen) atoms. The number of amides is 1. The molecule has 108 valence electrons. The summed E-state index contributed by atoms with van der Waals surface area (Å²) in [5, 5.41) is 0. The van der Waals surface area contributed by atoms with Crippen molar-refractivity contribution in [2.45, 2.75) is 32.2 Å². The van der Waals surface area contributed by atoms with E-state index in [4.69, 9.17) is 4.74 Å². The normalized spacial score (nSPS) is 26.1. The molecule has 0 saturated carbocycles. The molecule has 0 aromatic carbocycles. The SMILES string of the molecule is Cc1cc(=O)[nH]c([C@@H]2CCCN2C(=O)[C@@H]2CCOC2)n1. The number of carbonyl (C=O) groups is 1. The van der Waals surface area contributed by atoms with E-state index in [2.05, 4.69) is 9.97 Å². The first-order valence-electron chi connectivity index (χ1n) is 7.11. The number of aromatic nitrogens is 2. The third kappa shape index (κ3) is 2.47. The Morgan fingerprint density at radius 2 is 2.35 bits per heavy atom. The number of hydrogen-bond donors (Lipinski definition) is 1. The molecule has 0 aliphatic carbocycles. The summed E-state index contributed by atoms with van der Waals surface area (Å²) in [5.74, 6) is 0.709. The summed E-state index contributed by atoms with van der Waals surface area (Å²) in [6.07, 6.45) is 2.59. The molecule has 1 aromatic rings. The van der Waals surface area contributed by atoms with E-state index in [9.17, 15) is 9.59 Å². The third-order valence-corrected chi connectivity index (χ3v) is 4.02. The van der Waals surface area contributed by atoms with Crippen molar-refractivity contribution in [2.24, 2.45) is 5.92 Å². The van der Waals surface area contributed by atoms with E-state index in [-0.39, 0.29) is 23.4 Å². The molecule has 2 atom stereocenters. The molecule has 3 rings (SSSR count). The second kappa shape index (κ2) is 5.36. The molecule has 1 amide bonds. The number of H-pyrrole nitrogens is 1. The van der Waals surface area contributed by atoms with Crippen LogP contribution in [0.2, 0.25) is 0 Å². The topological polar surface area (TPSA) is 75.3 Å². The Hall–Kier alpha value is -1.69. The Bertz CT molecular complexity index is 563. The summed E-state index contributed by atoms with van der Waals surface area (Å²) in [6, 6.07) is 1.37. The van der Waals surface area contributed by atoms with Gasteiger partial charge in [0, 0.05) is 24.9 Å². The highest BCUT2D eigenvalue weighted by Crippen LogP contribution is 2.32. The number of aromatic amines is 1. The van der Waals surface area contributed by atoms with Crippen molar-refractivity contribution >= 4 is 5.91 Å². The van der Waals surface area contributed by atoms with Crippen molar-refractivity contribution in [3.63, 3.8) is 0 Å². The van der Waals surface area contributed by atoms with Crippen LogP contribution in [-0.2, 0) is 9.53 Å². The minimum Gasteiger partial charge on any atom is -0.381 e. The fourth-order valence-corrected chi connectivity index (χ4v) is 3.04. The molecule has 0 unspecified atom stereocenters. The zero-order chi connectivity index (χ0) is 14.1. The van der Waals surface area contributed by atoms with Crippen LogP contribution in [0.4, 0.5) is 0 Å². The number of rotatable bonds is 2. The van der Waals surface area contributed by atoms with E-state index < -0.39 is 0 Å². The zero-order valence-electron chi connectivity index (χ0n) is 11.6. The van der Waals surface area contributed by atoms with Gasteiger partial charge in [-0.1, -0.05) is 0 Å². The molecular formula is C14H19N3O3. The second-order valence-corrected chi connectivity index (χ2v) is 5.52. The maximum atomic E-state index is 12.5. The molecule has 1 aromatic heterocycles. The van der Waals surface area contributed by atoms with Gasteiger partial charge < -0.3 is 14.6 Å². The Morgan fingerprint density at radius 1 is 1.50 bits per heavy atom. The zero-order valence-corrected chi connectivity index (χ0v) is 11.6. The van der Waals surface area contributed by atoms with Gasteiger partial charge in [0.1, 0.15) is 5.82 Å². The lowest BCUT2D eigenvalue weighted by Gasteiger charge is -2.26. The van der Waals surface area contributed by atoms with Crippen LogP contribution in [0, 0.1) is 12.8 Å². The first-order chi connectivity index (χ1) is 9.65. The monoisotopic (exact) mass is 277 g/mol. The molecule has 2 aliphatic rings. The summed E-state index contributed by atoms with van der Waals surface area (Å²) >= 11 is 0. The molecule has 3 heterocycles. The molecular weight excluding hydrogens is 258 g/mol. The van der Waals surface area contributed by atoms with Crippen molar-refractivity contribution < 1.29 is 9.53 Å². The van der Waals surface area contributed by atoms with Crippen molar-refractivity contribution in [1.29, 1.82) is 0 Å². The van der Waals surface area contributed by atoms with Crippen LogP contribution >= 0.6 is 0 Å². The average Bonchev–Trinajstić information content (AvgIpc) is 3.08. The van der Waals surface area contributed by atoms with Crippen LogP contribution in [0.1, 0.15) is 36.8 Å². The molecule has 2 fully saturated rings. The molecule has 2 saturated heterocycles. The lowest BCUT2D eigenvalue weighted by atomic mass is 10.1. The van der Waals surface area contributed by atoms with Crippen molar-refractivity contribution in [3.8, 4) is 0 Å². The van der Waals surface area contributed by atoms with Crippen LogP contribution in [0.3, 0.4) is 0 Å². The van der Waals surface area contributed by atoms with Crippen molar-refractivity contribution in [3.05, 3.63) is 27.9 Å². The van der Waals surface area contributed by atoms with Gasteiger partial charge in [-0.3, -0.25) is 9.59 Å². The standard InChI is InChI=1S/C14H19N3O3/c1-9-7-12(18)16-13(15-9)11-3-2-5-17(11)14(19)10-4-6-20-8-10/h7,10-11H,2-6,8H2,1H3,(H,15,16,18)/t10-,11+/m1/s1. The molecule has 6 heteroatoms. The summed E-state index contributed by atoms with van der Waals surface area (Å²) in [4.78, 5) is 33.1. The Morgan fingerprint density at radius 3 is 3.05 bits per heavy atom. The fourth-order valence-electron chi connectivity index (χ4n) is 3.04. The van der Waals surface area contributed by atoms with E-state index in [1.165, 1.54) is 6.07 Å². The Kier molecular flexibility index (Phi) is 3.56. The number of nitrogens with one attached hydrogen (secondary N) is 1. The molecule has 0 radical (unpaired) electrons. The Labute approximate surface area is 117 Å². The fraction of sp³-hybridized carbons (Fsp3) is 0.643. The van der Waals surface area contributed by atoms with Gasteiger partial charge in [-0.25, -0.2) is 4.98 Å². The van der Waals surface area contributed by atoms with E-state index in [0.29, 0.717) is 24.7 Å². The number of aryl methyl sites for hydroxylation is 1. The number of ether oxygens (including phenoxy) is 1. The van der Waals surface area contributed by atoms with E-state index in [1.807, 2.05) is 4.90 Å². The largest absolute Gasteiger partial charge is 0.381 e. The van der Waals surface area contributed by atoms with Crippen molar-refractivity contribution in [1.82, 2.24) is 14.9 Å². The summed E-state index contributed by atoms with van der Waals surface area (Å²) in [5.41, 5.74) is 0.531. The Balaban J connectivity index is 1.84. The predicted molar refractivity (Wildman–Crippen MR) is 72.2 cm³/mol. The summed E-state index contributed by atoms with van der Waals surface area (Å²) in [7, 11) is 0. The van der Waals surface area contributed by atoms with Gasteiger partial charge in [-0.15, -0.1) is 0 Å². The van der Waals surface area contributed by atoms with Gasteiger partial charge in [-0.05, 0) is 26.2 Å². The van der Waals surface area contributed by atoms with Crippen LogP contribution in [0.15, 0.2) is 10.9 Å². The van der Waals surface area contributed by atoms with Gasteiger partial charge in [0.05, 0.1) is 18.6 Å². The lowest BCUT2D eigenvalue weighted by molar-refractivity contribution is -0.136. The third-order valence-electron chi connectivity index (χ3n) is 4.02. The minimum absolute atomic E-state index is 0.0351. The predicted octanol–water partition coefficient (Wildman–Crippen LogP) is 0.778. The van der Waals surface area contributed by atoms with Gasteiger partial charge in [0.25, 0.3) is 5.56 Å². The number of likely N-dealkylation sites (tertiary alicyclic amines) is 1. The van der Waals surface area contributed by atoms with Crippen LogP contribution < -0.4 is 5.56 Å². The van der Waals surface area contributed by atoms with Crippen molar-refractivity contribution in [2.75, 3.05) is 19.8 Å². The molecule has 1 N–H and O–H groups in total. The van der Waals surface area contributed by atoms with Gasteiger partial charge in [0.15, 0.2) is 0 Å². The van der Waals surface area contributed by atoms with Gasteiger partial charge in [-0.2, -0.15) is 0 Å². The summed E-state index contributed by atoms with van der Waals surface area (Å²) < 4.78 is 5.30. The highest BCUT2D eigenvalue weighted by atomic mass is 16.5. The first-order valence-corrected chi connectivity index (χ1v) is 7.11. The van der Waals surface area contributed by atoms with Crippen LogP contribution in [0.25, 0.3) is 0 Å². The van der Waals surface area contributed by atoms with Gasteiger partial charge in [0.2, 0.25) is 5.91 Å². The van der Waals surface area contributed by atoms with E-state index in [0.717, 1.165) is 25.8 Å². The number of hydrogen-bond acceptors (Lipinski definition) is 4. The van der Waals surface area contributed by atoms with Gasteiger partial charge >= 0.3 is 0 Å². The highest BCUT2D eigenvalue weighted by Gasteiger charge is 2.36. The van der Waals surface area contributed by atoms with Crippen LogP contribution in [0.5, 0.6) is 0 Å². The first kappa shape index (κ1) is 13.3. The molecule has 2 aliphatic heterocycles. The smallest absolute Gasteiger partial charge is 0.251 e.